The molecule has 5 heteroatoms. The van der Waals surface area contributed by atoms with Crippen molar-refractivity contribution in [2.45, 2.75) is 19.5 Å². The number of H-pyrrole nitrogens is 1. The van der Waals surface area contributed by atoms with Crippen LogP contribution >= 0.6 is 15.9 Å². The zero-order valence-corrected chi connectivity index (χ0v) is 15.3. The molecule has 1 aliphatic heterocycles. The molecule has 4 nitrogen and oxygen atoms in total. The Bertz CT molecular complexity index is 953. The number of aromatic amines is 1. The Balaban J connectivity index is 1.63. The van der Waals surface area contributed by atoms with Gasteiger partial charge in [-0.05, 0) is 18.1 Å². The molecule has 126 valence electrons. The topological polar surface area (TPSA) is 49.0 Å². The third-order valence-corrected chi connectivity index (χ3v) is 5.33. The van der Waals surface area contributed by atoms with Gasteiger partial charge in [-0.3, -0.25) is 9.69 Å². The van der Waals surface area contributed by atoms with Crippen molar-refractivity contribution < 1.29 is 0 Å². The largest absolute Gasteiger partial charge is 0.306 e. The molecule has 0 saturated carbocycles. The van der Waals surface area contributed by atoms with Gasteiger partial charge >= 0.3 is 0 Å². The summed E-state index contributed by atoms with van der Waals surface area (Å²) < 4.78 is 1.12. The molecule has 0 saturated heterocycles. The first-order valence-corrected chi connectivity index (χ1v) is 9.13. The predicted octanol–water partition coefficient (Wildman–Crippen LogP) is 3.76. The summed E-state index contributed by atoms with van der Waals surface area (Å²) in [5.41, 5.74) is 3.89. The van der Waals surface area contributed by atoms with Crippen molar-refractivity contribution in [2.75, 3.05) is 6.54 Å². The molecule has 0 spiro atoms. The molecule has 0 radical (unpaired) electrons. The van der Waals surface area contributed by atoms with Crippen LogP contribution in [0.5, 0.6) is 0 Å². The molecule has 0 unspecified atom stereocenters. The highest BCUT2D eigenvalue weighted by molar-refractivity contribution is 9.10. The van der Waals surface area contributed by atoms with E-state index in [-0.39, 0.29) is 5.56 Å². The maximum Gasteiger partial charge on any atom is 0.254 e. The third kappa shape index (κ3) is 3.43. The highest BCUT2D eigenvalue weighted by Gasteiger charge is 2.21. The van der Waals surface area contributed by atoms with E-state index in [4.69, 9.17) is 4.98 Å². The fraction of sp³-hybridized carbons (Fsp3) is 0.200. The zero-order valence-electron chi connectivity index (χ0n) is 13.7. The van der Waals surface area contributed by atoms with Gasteiger partial charge < -0.3 is 4.98 Å². The average molecular weight is 396 g/mol. The van der Waals surface area contributed by atoms with Crippen LogP contribution in [0, 0.1) is 0 Å². The van der Waals surface area contributed by atoms with Crippen molar-refractivity contribution in [2.24, 2.45) is 0 Å². The van der Waals surface area contributed by atoms with Crippen LogP contribution in [0.25, 0.3) is 11.4 Å². The second-order valence-electron chi connectivity index (χ2n) is 6.26. The minimum atomic E-state index is -0.00982. The van der Waals surface area contributed by atoms with Crippen LogP contribution in [0.4, 0.5) is 0 Å². The monoisotopic (exact) mass is 395 g/mol. The van der Waals surface area contributed by atoms with Crippen LogP contribution in [0.15, 0.2) is 63.9 Å². The van der Waals surface area contributed by atoms with Gasteiger partial charge in [-0.25, -0.2) is 4.98 Å². The Morgan fingerprint density at radius 1 is 1.08 bits per heavy atom. The SMILES string of the molecule is O=c1[nH]c(-c2ccccc2)nc2c1CCN(Cc1ccccc1Br)C2. The molecule has 0 amide bonds. The van der Waals surface area contributed by atoms with Gasteiger partial charge in [-0.15, -0.1) is 0 Å². The first-order valence-electron chi connectivity index (χ1n) is 8.34. The highest BCUT2D eigenvalue weighted by Crippen LogP contribution is 2.22. The normalized spacial score (nSPS) is 14.3. The third-order valence-electron chi connectivity index (χ3n) is 4.55. The number of benzene rings is 2. The molecule has 1 aliphatic rings. The van der Waals surface area contributed by atoms with E-state index < -0.39 is 0 Å². The number of nitrogens with zero attached hydrogens (tertiary/aromatic N) is 2. The molecule has 25 heavy (non-hydrogen) atoms. The molecule has 0 aliphatic carbocycles. The number of rotatable bonds is 3. The summed E-state index contributed by atoms with van der Waals surface area (Å²) in [4.78, 5) is 22.5. The number of hydrogen-bond donors (Lipinski definition) is 1. The number of aromatic nitrogens is 2. The fourth-order valence-electron chi connectivity index (χ4n) is 3.23. The van der Waals surface area contributed by atoms with Crippen molar-refractivity contribution in [3.8, 4) is 11.4 Å². The second-order valence-corrected chi connectivity index (χ2v) is 7.11. The maximum atomic E-state index is 12.5. The number of hydrogen-bond acceptors (Lipinski definition) is 3. The molecular formula is C20H18BrN3O. The van der Waals surface area contributed by atoms with E-state index in [1.54, 1.807) is 0 Å². The summed E-state index contributed by atoms with van der Waals surface area (Å²) >= 11 is 3.61. The van der Waals surface area contributed by atoms with Crippen molar-refractivity contribution in [3.05, 3.63) is 86.2 Å². The Labute approximate surface area is 154 Å². The smallest absolute Gasteiger partial charge is 0.254 e. The molecule has 4 rings (SSSR count). The second kappa shape index (κ2) is 6.94. The minimum Gasteiger partial charge on any atom is -0.306 e. The van der Waals surface area contributed by atoms with Crippen LogP contribution in [-0.2, 0) is 19.5 Å². The van der Waals surface area contributed by atoms with Crippen molar-refractivity contribution in [3.63, 3.8) is 0 Å². The van der Waals surface area contributed by atoms with E-state index in [1.165, 1.54) is 5.56 Å². The molecule has 2 aromatic carbocycles. The van der Waals surface area contributed by atoms with Crippen LogP contribution in [0.2, 0.25) is 0 Å². The van der Waals surface area contributed by atoms with E-state index in [0.29, 0.717) is 12.4 Å². The predicted molar refractivity (Wildman–Crippen MR) is 102 cm³/mol. The first kappa shape index (κ1) is 16.2. The molecule has 3 aromatic rings. The van der Waals surface area contributed by atoms with Crippen LogP contribution in [0.3, 0.4) is 0 Å². The lowest BCUT2D eigenvalue weighted by atomic mass is 10.0. The van der Waals surface area contributed by atoms with Crippen LogP contribution < -0.4 is 5.56 Å². The summed E-state index contributed by atoms with van der Waals surface area (Å²) in [6.07, 6.45) is 0.733. The van der Waals surface area contributed by atoms with Crippen molar-refractivity contribution in [1.29, 1.82) is 0 Å². The van der Waals surface area contributed by atoms with Gasteiger partial charge in [0.05, 0.1) is 5.69 Å². The summed E-state index contributed by atoms with van der Waals surface area (Å²) in [6.45, 7) is 2.40. The highest BCUT2D eigenvalue weighted by atomic mass is 79.9. The van der Waals surface area contributed by atoms with Gasteiger partial charge in [-0.2, -0.15) is 0 Å². The van der Waals surface area contributed by atoms with Crippen molar-refractivity contribution in [1.82, 2.24) is 14.9 Å². The summed E-state index contributed by atoms with van der Waals surface area (Å²) in [5, 5.41) is 0. The van der Waals surface area contributed by atoms with E-state index >= 15 is 0 Å². The summed E-state index contributed by atoms with van der Waals surface area (Å²) in [6, 6.07) is 18.0. The average Bonchev–Trinajstić information content (AvgIpc) is 2.64. The number of halogens is 1. The summed E-state index contributed by atoms with van der Waals surface area (Å²) in [7, 11) is 0. The van der Waals surface area contributed by atoms with Crippen molar-refractivity contribution >= 4 is 15.9 Å². The fourth-order valence-corrected chi connectivity index (χ4v) is 3.64. The first-order chi connectivity index (χ1) is 12.2. The van der Waals surface area contributed by atoms with Gasteiger partial charge in [0, 0.05) is 35.2 Å². The Kier molecular flexibility index (Phi) is 4.51. The summed E-state index contributed by atoms with van der Waals surface area (Å²) in [5.74, 6) is 0.645. The molecule has 1 aromatic heterocycles. The van der Waals surface area contributed by atoms with Crippen LogP contribution in [0.1, 0.15) is 16.8 Å². The quantitative estimate of drug-likeness (QED) is 0.734. The van der Waals surface area contributed by atoms with Gasteiger partial charge in [0.15, 0.2) is 0 Å². The number of nitrogens with one attached hydrogen (secondary N) is 1. The lowest BCUT2D eigenvalue weighted by molar-refractivity contribution is 0.240. The molecule has 2 heterocycles. The Morgan fingerprint density at radius 3 is 2.64 bits per heavy atom. The zero-order chi connectivity index (χ0) is 17.2. The Morgan fingerprint density at radius 2 is 1.84 bits per heavy atom. The van der Waals surface area contributed by atoms with Gasteiger partial charge in [0.2, 0.25) is 0 Å². The molecular weight excluding hydrogens is 378 g/mol. The standard InChI is InChI=1S/C20H18BrN3O/c21-17-9-5-4-8-15(17)12-24-11-10-16-18(13-24)22-19(23-20(16)25)14-6-2-1-3-7-14/h1-9H,10-13H2,(H,22,23,25). The maximum absolute atomic E-state index is 12.5. The van der Waals surface area contributed by atoms with E-state index in [0.717, 1.165) is 40.8 Å². The molecule has 0 atom stereocenters. The molecule has 0 fully saturated rings. The van der Waals surface area contributed by atoms with Gasteiger partial charge in [0.25, 0.3) is 5.56 Å². The molecule has 0 bridgehead atoms. The lowest BCUT2D eigenvalue weighted by Crippen LogP contribution is -2.35. The van der Waals surface area contributed by atoms with E-state index in [2.05, 4.69) is 44.0 Å². The minimum absolute atomic E-state index is 0.00982. The lowest BCUT2D eigenvalue weighted by Gasteiger charge is -2.28. The van der Waals surface area contributed by atoms with E-state index in [9.17, 15) is 4.79 Å². The number of fused-ring (bicyclic) bond motifs is 1. The van der Waals surface area contributed by atoms with Crippen LogP contribution in [-0.4, -0.2) is 21.4 Å². The van der Waals surface area contributed by atoms with Gasteiger partial charge in [0.1, 0.15) is 5.82 Å². The Hall–Kier alpha value is -2.24. The molecule has 1 N–H and O–H groups in total. The van der Waals surface area contributed by atoms with E-state index in [1.807, 2.05) is 36.4 Å². The van der Waals surface area contributed by atoms with Gasteiger partial charge in [-0.1, -0.05) is 64.5 Å².